The summed E-state index contributed by atoms with van der Waals surface area (Å²) in [6.45, 7) is 1.84. The van der Waals surface area contributed by atoms with Crippen molar-refractivity contribution in [3.63, 3.8) is 0 Å². The molecule has 2 unspecified atom stereocenters. The molecule has 0 radical (unpaired) electrons. The van der Waals surface area contributed by atoms with Crippen molar-refractivity contribution in [1.29, 1.82) is 0 Å². The Morgan fingerprint density at radius 1 is 1.62 bits per heavy atom. The lowest BCUT2D eigenvalue weighted by Gasteiger charge is -2.12. The van der Waals surface area contributed by atoms with Gasteiger partial charge in [0.25, 0.3) is 0 Å². The molecular formula is C9H13N3O3S. The van der Waals surface area contributed by atoms with Crippen molar-refractivity contribution in [2.75, 3.05) is 17.3 Å². The Bertz CT molecular complexity index is 411. The first kappa shape index (κ1) is 12.6. The van der Waals surface area contributed by atoms with Crippen molar-refractivity contribution < 1.29 is 14.1 Å². The molecular weight excluding hydrogens is 230 g/mol. The Balaban J connectivity index is 2.70. The summed E-state index contributed by atoms with van der Waals surface area (Å²) in [6.07, 6.45) is 4.22. The van der Waals surface area contributed by atoms with Crippen LogP contribution in [0.3, 0.4) is 0 Å². The molecule has 16 heavy (non-hydrogen) atoms. The summed E-state index contributed by atoms with van der Waals surface area (Å²) in [5.41, 5.74) is -0.116. The van der Waals surface area contributed by atoms with Crippen LogP contribution in [0.2, 0.25) is 0 Å². The maximum Gasteiger partial charge on any atom is 0.356 e. The molecule has 1 aromatic heterocycles. The predicted molar refractivity (Wildman–Crippen MR) is 61.0 cm³/mol. The van der Waals surface area contributed by atoms with E-state index in [1.807, 2.05) is 6.92 Å². The van der Waals surface area contributed by atoms with E-state index in [2.05, 4.69) is 15.3 Å². The second-order valence-corrected chi connectivity index (χ2v) is 4.86. The normalized spacial score (nSPS) is 14.1. The Morgan fingerprint density at radius 3 is 2.88 bits per heavy atom. The van der Waals surface area contributed by atoms with Crippen molar-refractivity contribution in [3.8, 4) is 0 Å². The first-order valence-electron chi connectivity index (χ1n) is 4.61. The summed E-state index contributed by atoms with van der Waals surface area (Å²) < 4.78 is 11.0. The smallest absolute Gasteiger partial charge is 0.356 e. The fourth-order valence-electron chi connectivity index (χ4n) is 1.18. The Hall–Kier alpha value is -1.50. The Morgan fingerprint density at radius 2 is 2.31 bits per heavy atom. The van der Waals surface area contributed by atoms with Crippen LogP contribution in [-0.4, -0.2) is 43.3 Å². The summed E-state index contributed by atoms with van der Waals surface area (Å²) in [4.78, 5) is 18.2. The molecule has 6 nitrogen and oxygen atoms in total. The van der Waals surface area contributed by atoms with Crippen LogP contribution in [0.5, 0.6) is 0 Å². The van der Waals surface area contributed by atoms with E-state index in [0.717, 1.165) is 0 Å². The largest absolute Gasteiger partial charge is 0.476 e. The van der Waals surface area contributed by atoms with Crippen LogP contribution in [0, 0.1) is 0 Å². The lowest BCUT2D eigenvalue weighted by molar-refractivity contribution is 0.0690. The van der Waals surface area contributed by atoms with Crippen molar-refractivity contribution in [1.82, 2.24) is 9.97 Å². The number of aromatic carboxylic acids is 1. The fourth-order valence-corrected chi connectivity index (χ4v) is 1.97. The van der Waals surface area contributed by atoms with Gasteiger partial charge in [-0.05, 0) is 6.92 Å². The highest BCUT2D eigenvalue weighted by atomic mass is 32.2. The maximum atomic E-state index is 11.0. The highest BCUT2D eigenvalue weighted by molar-refractivity contribution is 7.84. The van der Waals surface area contributed by atoms with Crippen LogP contribution in [0.1, 0.15) is 17.4 Å². The molecule has 88 valence electrons. The number of hydrogen-bond acceptors (Lipinski definition) is 5. The van der Waals surface area contributed by atoms with Gasteiger partial charge in [-0.15, -0.1) is 0 Å². The molecule has 0 saturated carbocycles. The predicted octanol–water partition coefficient (Wildman–Crippen LogP) is 0.354. The van der Waals surface area contributed by atoms with E-state index in [0.29, 0.717) is 11.6 Å². The van der Waals surface area contributed by atoms with Gasteiger partial charge in [0, 0.05) is 28.9 Å². The topological polar surface area (TPSA) is 92.2 Å². The van der Waals surface area contributed by atoms with E-state index in [1.165, 1.54) is 12.4 Å². The first-order valence-corrected chi connectivity index (χ1v) is 6.33. The van der Waals surface area contributed by atoms with Crippen LogP contribution in [0.25, 0.3) is 0 Å². The third-order valence-electron chi connectivity index (χ3n) is 1.73. The number of carboxylic acid groups (broad SMARTS) is 1. The molecule has 0 saturated heterocycles. The number of hydrogen-bond donors (Lipinski definition) is 2. The number of carbonyl (C=O) groups is 1. The minimum Gasteiger partial charge on any atom is -0.476 e. The SMILES string of the molecule is CC(CS(C)=O)Nc1cncc(C(=O)O)n1. The molecule has 0 bridgehead atoms. The molecule has 1 heterocycles. The number of nitrogens with zero attached hydrogens (tertiary/aromatic N) is 2. The lowest BCUT2D eigenvalue weighted by atomic mass is 10.4. The molecule has 2 N–H and O–H groups in total. The van der Waals surface area contributed by atoms with Gasteiger partial charge in [0.2, 0.25) is 0 Å². The molecule has 0 aliphatic rings. The van der Waals surface area contributed by atoms with Gasteiger partial charge in [0.15, 0.2) is 5.69 Å². The molecule has 1 rings (SSSR count). The Kier molecular flexibility index (Phi) is 4.36. The molecule has 0 fully saturated rings. The van der Waals surface area contributed by atoms with Gasteiger partial charge in [-0.3, -0.25) is 9.19 Å². The van der Waals surface area contributed by atoms with Gasteiger partial charge in [-0.1, -0.05) is 0 Å². The molecule has 0 amide bonds. The van der Waals surface area contributed by atoms with Crippen molar-refractivity contribution in [2.24, 2.45) is 0 Å². The molecule has 0 aliphatic heterocycles. The highest BCUT2D eigenvalue weighted by Crippen LogP contribution is 2.04. The zero-order valence-electron chi connectivity index (χ0n) is 9.01. The minimum atomic E-state index is -1.12. The number of nitrogens with one attached hydrogen (secondary N) is 1. The third-order valence-corrected chi connectivity index (χ3v) is 2.70. The molecule has 0 spiro atoms. The quantitative estimate of drug-likeness (QED) is 0.775. The number of rotatable bonds is 5. The van der Waals surface area contributed by atoms with E-state index < -0.39 is 16.8 Å². The molecule has 2 atom stereocenters. The summed E-state index contributed by atoms with van der Waals surface area (Å²) in [5.74, 6) is -0.278. The van der Waals surface area contributed by atoms with Gasteiger partial charge in [-0.2, -0.15) is 0 Å². The maximum absolute atomic E-state index is 11.0. The van der Waals surface area contributed by atoms with E-state index in [9.17, 15) is 9.00 Å². The lowest BCUT2D eigenvalue weighted by Crippen LogP contribution is -2.23. The molecule has 1 aromatic rings. The zero-order valence-corrected chi connectivity index (χ0v) is 9.82. The average Bonchev–Trinajstić information content (AvgIpc) is 2.16. The van der Waals surface area contributed by atoms with Gasteiger partial charge in [-0.25, -0.2) is 9.78 Å². The second kappa shape index (κ2) is 5.55. The van der Waals surface area contributed by atoms with Crippen molar-refractivity contribution >= 4 is 22.6 Å². The van der Waals surface area contributed by atoms with Gasteiger partial charge >= 0.3 is 5.97 Å². The van der Waals surface area contributed by atoms with Crippen molar-refractivity contribution in [2.45, 2.75) is 13.0 Å². The van der Waals surface area contributed by atoms with E-state index in [4.69, 9.17) is 5.11 Å². The summed E-state index contributed by atoms with van der Waals surface area (Å²) in [5, 5.41) is 11.6. The third kappa shape index (κ3) is 3.93. The van der Waals surface area contributed by atoms with Gasteiger partial charge < -0.3 is 10.4 Å². The summed E-state index contributed by atoms with van der Waals surface area (Å²) in [6, 6.07) is -0.0517. The highest BCUT2D eigenvalue weighted by Gasteiger charge is 2.09. The Labute approximate surface area is 95.6 Å². The van der Waals surface area contributed by atoms with E-state index in [-0.39, 0.29) is 11.7 Å². The van der Waals surface area contributed by atoms with Crippen LogP contribution in [0.4, 0.5) is 5.82 Å². The van der Waals surface area contributed by atoms with Gasteiger partial charge in [0.1, 0.15) is 5.82 Å². The van der Waals surface area contributed by atoms with Crippen LogP contribution in [0.15, 0.2) is 12.4 Å². The van der Waals surface area contributed by atoms with Crippen LogP contribution < -0.4 is 5.32 Å². The second-order valence-electron chi connectivity index (χ2n) is 3.38. The molecule has 7 heteroatoms. The van der Waals surface area contributed by atoms with Crippen molar-refractivity contribution in [3.05, 3.63) is 18.1 Å². The average molecular weight is 243 g/mol. The number of carboxylic acids is 1. The number of anilines is 1. The first-order chi connectivity index (χ1) is 7.49. The van der Waals surface area contributed by atoms with Gasteiger partial charge in [0.05, 0.1) is 12.4 Å². The van der Waals surface area contributed by atoms with Crippen LogP contribution in [-0.2, 0) is 10.8 Å². The molecule has 0 aromatic carbocycles. The standard InChI is InChI=1S/C9H13N3O3S/c1-6(5-16(2)15)11-8-4-10-3-7(12-8)9(13)14/h3-4,6H,5H2,1-2H3,(H,11,12)(H,13,14). The fraction of sp³-hybridized carbons (Fsp3) is 0.444. The van der Waals surface area contributed by atoms with Crippen LogP contribution >= 0.6 is 0 Å². The minimum absolute atomic E-state index is 0.0517. The van der Waals surface area contributed by atoms with E-state index in [1.54, 1.807) is 6.26 Å². The van der Waals surface area contributed by atoms with E-state index >= 15 is 0 Å². The summed E-state index contributed by atoms with van der Waals surface area (Å²) in [7, 11) is -0.910. The summed E-state index contributed by atoms with van der Waals surface area (Å²) >= 11 is 0. The number of aromatic nitrogens is 2. The monoisotopic (exact) mass is 243 g/mol. The zero-order chi connectivity index (χ0) is 12.1. The molecule has 0 aliphatic carbocycles.